The van der Waals surface area contributed by atoms with E-state index in [-0.39, 0.29) is 11.6 Å². The molecular formula is C10H13N5O2S. The lowest BCUT2D eigenvalue weighted by atomic mass is 10.5. The van der Waals surface area contributed by atoms with Gasteiger partial charge in [-0.2, -0.15) is 0 Å². The Bertz CT molecular complexity index is 650. The highest BCUT2D eigenvalue weighted by molar-refractivity contribution is 7.92. The zero-order valence-electron chi connectivity index (χ0n) is 10.0. The molecule has 0 bridgehead atoms. The molecule has 0 atom stereocenters. The van der Waals surface area contributed by atoms with Crippen molar-refractivity contribution in [2.45, 2.75) is 13.8 Å². The van der Waals surface area contributed by atoms with Crippen LogP contribution >= 0.6 is 0 Å². The summed E-state index contributed by atoms with van der Waals surface area (Å²) in [5.74, 6) is 1.57. The van der Waals surface area contributed by atoms with E-state index in [0.717, 1.165) is 5.82 Å². The fourth-order valence-electron chi connectivity index (χ4n) is 1.39. The molecule has 1 N–H and O–H groups in total. The maximum atomic E-state index is 11.4. The van der Waals surface area contributed by atoms with Crippen molar-refractivity contribution in [3.63, 3.8) is 0 Å². The van der Waals surface area contributed by atoms with Gasteiger partial charge in [-0.1, -0.05) is 0 Å². The minimum absolute atomic E-state index is 0.00353. The van der Waals surface area contributed by atoms with Crippen molar-refractivity contribution in [2.24, 2.45) is 0 Å². The Morgan fingerprint density at radius 3 is 2.72 bits per heavy atom. The SMILES string of the molecule is CCS(=O)(=O)Nc1cc(-n2ccnc2C)ncn1. The number of aromatic nitrogens is 4. The fraction of sp³-hybridized carbons (Fsp3) is 0.300. The van der Waals surface area contributed by atoms with Crippen molar-refractivity contribution < 1.29 is 8.42 Å². The number of hydrogen-bond donors (Lipinski definition) is 1. The highest BCUT2D eigenvalue weighted by Gasteiger charge is 2.09. The minimum atomic E-state index is -3.33. The Morgan fingerprint density at radius 2 is 2.11 bits per heavy atom. The number of imidazole rings is 1. The molecule has 7 nitrogen and oxygen atoms in total. The van der Waals surface area contributed by atoms with Gasteiger partial charge in [-0.15, -0.1) is 0 Å². The van der Waals surface area contributed by atoms with E-state index < -0.39 is 10.0 Å². The van der Waals surface area contributed by atoms with Crippen LogP contribution < -0.4 is 4.72 Å². The van der Waals surface area contributed by atoms with Gasteiger partial charge in [0.25, 0.3) is 0 Å². The molecule has 8 heteroatoms. The van der Waals surface area contributed by atoms with Gasteiger partial charge < -0.3 is 0 Å². The van der Waals surface area contributed by atoms with Crippen LogP contribution in [0.15, 0.2) is 24.8 Å². The molecule has 0 aliphatic rings. The zero-order valence-corrected chi connectivity index (χ0v) is 10.8. The quantitative estimate of drug-likeness (QED) is 0.882. The first-order chi connectivity index (χ1) is 8.52. The Morgan fingerprint density at radius 1 is 1.33 bits per heavy atom. The highest BCUT2D eigenvalue weighted by atomic mass is 32.2. The van der Waals surface area contributed by atoms with E-state index in [1.54, 1.807) is 30.0 Å². The molecule has 2 heterocycles. The van der Waals surface area contributed by atoms with Gasteiger partial charge in [-0.05, 0) is 13.8 Å². The Labute approximate surface area is 105 Å². The maximum absolute atomic E-state index is 11.4. The van der Waals surface area contributed by atoms with E-state index >= 15 is 0 Å². The van der Waals surface area contributed by atoms with Gasteiger partial charge in [-0.3, -0.25) is 9.29 Å². The van der Waals surface area contributed by atoms with Gasteiger partial charge in [0.15, 0.2) is 0 Å². The summed E-state index contributed by atoms with van der Waals surface area (Å²) in [6.45, 7) is 3.39. The molecule has 0 amide bonds. The first-order valence-electron chi connectivity index (χ1n) is 5.34. The molecule has 0 saturated carbocycles. The third kappa shape index (κ3) is 2.65. The standard InChI is InChI=1S/C10H13N5O2S/c1-3-18(16,17)14-9-6-10(13-7-12-9)15-5-4-11-8(15)2/h4-7H,3H2,1-2H3,(H,12,13,14). The first kappa shape index (κ1) is 12.5. The monoisotopic (exact) mass is 267 g/mol. The van der Waals surface area contributed by atoms with E-state index in [1.165, 1.54) is 6.33 Å². The van der Waals surface area contributed by atoms with E-state index in [9.17, 15) is 8.42 Å². The molecular weight excluding hydrogens is 254 g/mol. The van der Waals surface area contributed by atoms with Gasteiger partial charge in [0.1, 0.15) is 23.8 Å². The van der Waals surface area contributed by atoms with Crippen molar-refractivity contribution in [1.29, 1.82) is 0 Å². The van der Waals surface area contributed by atoms with Gasteiger partial charge in [0, 0.05) is 18.5 Å². The van der Waals surface area contributed by atoms with Crippen LogP contribution in [0.5, 0.6) is 0 Å². The fourth-order valence-corrected chi connectivity index (χ4v) is 1.96. The summed E-state index contributed by atoms with van der Waals surface area (Å²) in [7, 11) is -3.33. The van der Waals surface area contributed by atoms with Crippen LogP contribution in [0.4, 0.5) is 5.82 Å². The van der Waals surface area contributed by atoms with Crippen LogP contribution in [0.2, 0.25) is 0 Å². The lowest BCUT2D eigenvalue weighted by Crippen LogP contribution is -2.16. The number of nitrogens with one attached hydrogen (secondary N) is 1. The molecule has 96 valence electrons. The van der Waals surface area contributed by atoms with Crippen LogP contribution in [0.1, 0.15) is 12.7 Å². The lowest BCUT2D eigenvalue weighted by Gasteiger charge is -2.07. The van der Waals surface area contributed by atoms with Gasteiger partial charge >= 0.3 is 0 Å². The smallest absolute Gasteiger partial charge is 0.233 e. The third-order valence-corrected chi connectivity index (χ3v) is 3.65. The number of anilines is 1. The summed E-state index contributed by atoms with van der Waals surface area (Å²) >= 11 is 0. The number of rotatable bonds is 4. The summed E-state index contributed by atoms with van der Waals surface area (Å²) in [4.78, 5) is 12.0. The molecule has 0 aliphatic heterocycles. The second-order valence-electron chi connectivity index (χ2n) is 3.61. The van der Waals surface area contributed by atoms with Gasteiger partial charge in [0.05, 0.1) is 5.75 Å². The predicted octanol–water partition coefficient (Wildman–Crippen LogP) is 0.732. The van der Waals surface area contributed by atoms with Crippen LogP contribution in [0.3, 0.4) is 0 Å². The van der Waals surface area contributed by atoms with Crippen LogP contribution in [-0.2, 0) is 10.0 Å². The van der Waals surface area contributed by atoms with E-state index in [1.807, 2.05) is 6.92 Å². The molecule has 2 rings (SSSR count). The van der Waals surface area contributed by atoms with Gasteiger partial charge in [0.2, 0.25) is 10.0 Å². The third-order valence-electron chi connectivity index (χ3n) is 2.37. The van der Waals surface area contributed by atoms with E-state index in [4.69, 9.17) is 0 Å². The second-order valence-corrected chi connectivity index (χ2v) is 5.62. The maximum Gasteiger partial charge on any atom is 0.233 e. The summed E-state index contributed by atoms with van der Waals surface area (Å²) in [6, 6.07) is 1.56. The molecule has 0 unspecified atom stereocenters. The van der Waals surface area contributed by atoms with E-state index in [0.29, 0.717) is 5.82 Å². The average Bonchev–Trinajstić information content (AvgIpc) is 2.75. The van der Waals surface area contributed by atoms with E-state index in [2.05, 4.69) is 19.7 Å². The Kier molecular flexibility index (Phi) is 3.28. The minimum Gasteiger partial charge on any atom is -0.288 e. The largest absolute Gasteiger partial charge is 0.288 e. The van der Waals surface area contributed by atoms with Crippen molar-refractivity contribution in [3.05, 3.63) is 30.6 Å². The summed E-state index contributed by atoms with van der Waals surface area (Å²) < 4.78 is 27.0. The molecule has 2 aromatic rings. The molecule has 0 spiro atoms. The first-order valence-corrected chi connectivity index (χ1v) is 7.00. The lowest BCUT2D eigenvalue weighted by molar-refractivity contribution is 0.602. The van der Waals surface area contributed by atoms with Crippen molar-refractivity contribution in [1.82, 2.24) is 19.5 Å². The predicted molar refractivity (Wildman–Crippen MR) is 67.0 cm³/mol. The average molecular weight is 267 g/mol. The molecule has 2 aromatic heterocycles. The topological polar surface area (TPSA) is 89.8 Å². The number of aryl methyl sites for hydroxylation is 1. The van der Waals surface area contributed by atoms with Crippen LogP contribution in [0, 0.1) is 6.92 Å². The number of nitrogens with zero attached hydrogens (tertiary/aromatic N) is 4. The Balaban J connectivity index is 2.35. The Hall–Kier alpha value is -1.96. The molecule has 0 fully saturated rings. The van der Waals surface area contributed by atoms with Crippen LogP contribution in [0.25, 0.3) is 5.82 Å². The van der Waals surface area contributed by atoms with Crippen LogP contribution in [-0.4, -0.2) is 33.7 Å². The number of hydrogen-bond acceptors (Lipinski definition) is 5. The molecule has 0 aromatic carbocycles. The summed E-state index contributed by atoms with van der Waals surface area (Å²) in [6.07, 6.45) is 4.70. The molecule has 0 aliphatic carbocycles. The van der Waals surface area contributed by atoms with Gasteiger partial charge in [-0.25, -0.2) is 23.4 Å². The van der Waals surface area contributed by atoms with Crippen molar-refractivity contribution >= 4 is 15.8 Å². The summed E-state index contributed by atoms with van der Waals surface area (Å²) in [5, 5.41) is 0. The second kappa shape index (κ2) is 4.73. The highest BCUT2D eigenvalue weighted by Crippen LogP contribution is 2.11. The zero-order chi connectivity index (χ0) is 13.2. The van der Waals surface area contributed by atoms with Crippen molar-refractivity contribution in [2.75, 3.05) is 10.5 Å². The molecule has 0 radical (unpaired) electrons. The molecule has 18 heavy (non-hydrogen) atoms. The normalized spacial score (nSPS) is 11.4. The molecule has 0 saturated heterocycles. The number of sulfonamides is 1. The van der Waals surface area contributed by atoms with Crippen molar-refractivity contribution in [3.8, 4) is 5.82 Å². The summed E-state index contributed by atoms with van der Waals surface area (Å²) in [5.41, 5.74) is 0.